The van der Waals surface area contributed by atoms with Gasteiger partial charge in [-0.05, 0) is 41.8 Å². The van der Waals surface area contributed by atoms with E-state index in [1.54, 1.807) is 7.11 Å². The first-order chi connectivity index (χ1) is 16.3. The molecule has 3 aromatic rings. The van der Waals surface area contributed by atoms with Gasteiger partial charge in [0, 0.05) is 31.2 Å². The molecule has 0 spiro atoms. The van der Waals surface area contributed by atoms with Crippen LogP contribution in [0.5, 0.6) is 11.5 Å². The maximum atomic E-state index is 12.6. The zero-order valence-corrected chi connectivity index (χ0v) is 19.4. The Morgan fingerprint density at radius 1 is 1.06 bits per heavy atom. The van der Waals surface area contributed by atoms with Crippen molar-refractivity contribution in [1.29, 1.82) is 0 Å². The van der Waals surface area contributed by atoms with Crippen molar-refractivity contribution in [2.45, 2.75) is 30.3 Å². The Labute approximate surface area is 199 Å². The molecule has 0 radical (unpaired) electrons. The van der Waals surface area contributed by atoms with Crippen LogP contribution >= 0.6 is 0 Å². The predicted octanol–water partition coefficient (Wildman–Crippen LogP) is 5.15. The average molecular weight is 491 g/mol. The summed E-state index contributed by atoms with van der Waals surface area (Å²) >= 11 is 0. The molecule has 1 fully saturated rings. The average Bonchev–Trinajstić information content (AvgIpc) is 3.25. The number of methoxy groups -OCH3 is 1. The molecule has 0 saturated carbocycles. The fraction of sp³-hybridized carbons (Fsp3) is 0.280. The van der Waals surface area contributed by atoms with Crippen molar-refractivity contribution in [3.05, 3.63) is 78.4 Å². The topological polar surface area (TPSA) is 50.8 Å². The first-order valence-corrected chi connectivity index (χ1v) is 11.9. The van der Waals surface area contributed by atoms with Crippen molar-refractivity contribution in [3.8, 4) is 22.6 Å². The zero-order valence-electron chi connectivity index (χ0n) is 18.5. The van der Waals surface area contributed by atoms with Gasteiger partial charge in [0.05, 0.1) is 12.0 Å². The summed E-state index contributed by atoms with van der Waals surface area (Å²) in [5, 5.41) is 0. The fourth-order valence-electron chi connectivity index (χ4n) is 4.01. The molecule has 5 nitrogen and oxygen atoms in total. The third-order valence-electron chi connectivity index (χ3n) is 5.58. The number of nitrogens with one attached hydrogen (secondary N) is 1. The van der Waals surface area contributed by atoms with Crippen LogP contribution in [0.4, 0.5) is 13.2 Å². The quantitative estimate of drug-likeness (QED) is 0.475. The van der Waals surface area contributed by atoms with Gasteiger partial charge in [0.15, 0.2) is 0 Å². The first kappa shape index (κ1) is 24.3. The van der Waals surface area contributed by atoms with Crippen molar-refractivity contribution in [2.75, 3.05) is 20.2 Å². The molecule has 4 rings (SSSR count). The van der Waals surface area contributed by atoms with E-state index in [0.29, 0.717) is 6.54 Å². The minimum absolute atomic E-state index is 0.0270. The van der Waals surface area contributed by atoms with Crippen molar-refractivity contribution in [1.82, 2.24) is 9.62 Å². The number of para-hydroxylation sites is 1. The number of hydrogen-bond acceptors (Lipinski definition) is 4. The van der Waals surface area contributed by atoms with E-state index in [1.165, 1.54) is 18.2 Å². The molecule has 1 N–H and O–H groups in total. The van der Waals surface area contributed by atoms with E-state index in [2.05, 4.69) is 38.6 Å². The highest BCUT2D eigenvalue weighted by Crippen LogP contribution is 2.30. The first-order valence-electron chi connectivity index (χ1n) is 10.8. The molecule has 2 atom stereocenters. The predicted molar refractivity (Wildman–Crippen MR) is 125 cm³/mol. The fourth-order valence-corrected chi connectivity index (χ4v) is 5.07. The number of nitrogens with zero attached hydrogens (tertiary/aromatic N) is 1. The van der Waals surface area contributed by atoms with Crippen LogP contribution < -0.4 is 14.2 Å². The molecule has 0 aromatic heterocycles. The summed E-state index contributed by atoms with van der Waals surface area (Å²) in [6.45, 7) is 2.28. The second-order valence-electron chi connectivity index (χ2n) is 8.03. The van der Waals surface area contributed by atoms with Crippen molar-refractivity contribution >= 4 is 11.0 Å². The van der Waals surface area contributed by atoms with Crippen LogP contribution in [0.2, 0.25) is 0 Å². The lowest BCUT2D eigenvalue weighted by molar-refractivity contribution is -0.274. The Morgan fingerprint density at radius 2 is 1.82 bits per heavy atom. The molecular formula is C25H25F3N2O3S. The number of benzene rings is 3. The minimum Gasteiger partial charge on any atom is -0.496 e. The van der Waals surface area contributed by atoms with Crippen LogP contribution in [0, 0.1) is 0 Å². The van der Waals surface area contributed by atoms with Gasteiger partial charge in [0.25, 0.3) is 0 Å². The Balaban J connectivity index is 1.32. The standard InChI is InChI=1S/C25H25F3N2O3S/c1-32-24-8-3-2-7-23(24)19-11-9-18(10-12-19)16-30-14-13-20(17-30)29-34(31)22-6-4-5-21(15-22)33-25(26,27)28/h2-12,15,20,29H,13-14,16-17H2,1H3/t20-,34?/m1/s1. The molecule has 1 aliphatic rings. The molecule has 0 amide bonds. The largest absolute Gasteiger partial charge is 0.573 e. The minimum atomic E-state index is -4.79. The monoisotopic (exact) mass is 490 g/mol. The Kier molecular flexibility index (Phi) is 7.55. The van der Waals surface area contributed by atoms with Gasteiger partial charge in [-0.25, -0.2) is 8.93 Å². The van der Waals surface area contributed by atoms with Crippen LogP contribution in [-0.4, -0.2) is 41.7 Å². The number of likely N-dealkylation sites (tertiary alicyclic amines) is 1. The molecular weight excluding hydrogens is 465 g/mol. The van der Waals surface area contributed by atoms with Gasteiger partial charge in [-0.2, -0.15) is 0 Å². The van der Waals surface area contributed by atoms with E-state index < -0.39 is 17.3 Å². The van der Waals surface area contributed by atoms with Gasteiger partial charge in [0.1, 0.15) is 22.5 Å². The van der Waals surface area contributed by atoms with Crippen LogP contribution in [0.25, 0.3) is 11.1 Å². The van der Waals surface area contributed by atoms with E-state index in [-0.39, 0.29) is 16.7 Å². The number of halogens is 3. The lowest BCUT2D eigenvalue weighted by atomic mass is 10.0. The van der Waals surface area contributed by atoms with Crippen molar-refractivity contribution in [3.63, 3.8) is 0 Å². The smallest absolute Gasteiger partial charge is 0.496 e. The van der Waals surface area contributed by atoms with E-state index in [9.17, 15) is 17.4 Å². The number of rotatable bonds is 8. The maximum absolute atomic E-state index is 12.6. The van der Waals surface area contributed by atoms with Gasteiger partial charge >= 0.3 is 6.36 Å². The Hall–Kier alpha value is -2.88. The summed E-state index contributed by atoms with van der Waals surface area (Å²) in [7, 11) is 0.0210. The summed E-state index contributed by atoms with van der Waals surface area (Å²) in [5.41, 5.74) is 3.28. The normalized spacial score (nSPS) is 17.5. The van der Waals surface area contributed by atoms with Gasteiger partial charge in [-0.1, -0.05) is 48.5 Å². The highest BCUT2D eigenvalue weighted by molar-refractivity contribution is 7.83. The summed E-state index contributed by atoms with van der Waals surface area (Å²) in [4.78, 5) is 2.50. The summed E-state index contributed by atoms with van der Waals surface area (Å²) < 4.78 is 62.4. The zero-order chi connectivity index (χ0) is 24.1. The SMILES string of the molecule is COc1ccccc1-c1ccc(CN2CC[C@@H](NS(=O)c3cccc(OC(F)(F)F)c3)C2)cc1. The number of alkyl halides is 3. The summed E-state index contributed by atoms with van der Waals surface area (Å²) in [6.07, 6.45) is -3.99. The molecule has 34 heavy (non-hydrogen) atoms. The summed E-state index contributed by atoms with van der Waals surface area (Å²) in [6, 6.07) is 21.4. The highest BCUT2D eigenvalue weighted by Gasteiger charge is 2.31. The van der Waals surface area contributed by atoms with Gasteiger partial charge in [-0.15, -0.1) is 13.2 Å². The molecule has 9 heteroatoms. The molecule has 1 heterocycles. The second kappa shape index (κ2) is 10.6. The van der Waals surface area contributed by atoms with E-state index in [4.69, 9.17) is 4.74 Å². The Morgan fingerprint density at radius 3 is 2.56 bits per heavy atom. The van der Waals surface area contributed by atoms with Gasteiger partial charge < -0.3 is 9.47 Å². The van der Waals surface area contributed by atoms with Crippen molar-refractivity contribution < 1.29 is 26.9 Å². The van der Waals surface area contributed by atoms with E-state index >= 15 is 0 Å². The van der Waals surface area contributed by atoms with Crippen LogP contribution in [-0.2, 0) is 17.5 Å². The molecule has 3 aromatic carbocycles. The van der Waals surface area contributed by atoms with Crippen LogP contribution in [0.1, 0.15) is 12.0 Å². The molecule has 1 unspecified atom stereocenters. The van der Waals surface area contributed by atoms with Crippen LogP contribution in [0.15, 0.2) is 77.7 Å². The lowest BCUT2D eigenvalue weighted by Gasteiger charge is -2.17. The number of hydrogen-bond donors (Lipinski definition) is 1. The van der Waals surface area contributed by atoms with Crippen LogP contribution in [0.3, 0.4) is 0 Å². The second-order valence-corrected chi connectivity index (χ2v) is 9.27. The molecule has 1 aliphatic heterocycles. The van der Waals surface area contributed by atoms with Crippen molar-refractivity contribution in [2.24, 2.45) is 0 Å². The molecule has 180 valence electrons. The molecule has 0 aliphatic carbocycles. The molecule has 1 saturated heterocycles. The highest BCUT2D eigenvalue weighted by atomic mass is 32.2. The van der Waals surface area contributed by atoms with E-state index in [1.807, 2.05) is 24.3 Å². The van der Waals surface area contributed by atoms with Gasteiger partial charge in [0.2, 0.25) is 0 Å². The van der Waals surface area contributed by atoms with Gasteiger partial charge in [-0.3, -0.25) is 4.90 Å². The van der Waals surface area contributed by atoms with E-state index in [0.717, 1.165) is 48.0 Å². The third kappa shape index (κ3) is 6.37. The maximum Gasteiger partial charge on any atom is 0.573 e. The molecule has 0 bridgehead atoms. The third-order valence-corrected chi connectivity index (χ3v) is 6.81. The Bertz CT molecular complexity index is 1140. The summed E-state index contributed by atoms with van der Waals surface area (Å²) in [5.74, 6) is 0.442. The lowest BCUT2D eigenvalue weighted by Crippen LogP contribution is -2.33. The number of ether oxygens (including phenoxy) is 2.